The smallest absolute Gasteiger partial charge is 0.337 e. The number of methoxy groups -OCH3 is 1. The summed E-state index contributed by atoms with van der Waals surface area (Å²) in [5.74, 6) is 0.807. The number of benzene rings is 2. The first-order valence-corrected chi connectivity index (χ1v) is 11.3. The van der Waals surface area contributed by atoms with Crippen molar-refractivity contribution in [3.8, 4) is 0 Å². The molecule has 0 bridgehead atoms. The van der Waals surface area contributed by atoms with Crippen LogP contribution in [0.1, 0.15) is 42.1 Å². The van der Waals surface area contributed by atoms with Gasteiger partial charge >= 0.3 is 5.97 Å². The fourth-order valence-electron chi connectivity index (χ4n) is 3.60. The van der Waals surface area contributed by atoms with E-state index in [4.69, 9.17) is 4.74 Å². The van der Waals surface area contributed by atoms with Gasteiger partial charge in [0.2, 0.25) is 5.78 Å². The third-order valence-corrected chi connectivity index (χ3v) is 6.18. The Morgan fingerprint density at radius 1 is 1.10 bits per heavy atom. The Morgan fingerprint density at radius 2 is 1.94 bits per heavy atom. The molecule has 7 nitrogen and oxygen atoms in total. The first-order valence-electron chi connectivity index (χ1n) is 10.3. The van der Waals surface area contributed by atoms with Gasteiger partial charge in [-0.3, -0.25) is 13.8 Å². The van der Waals surface area contributed by atoms with Gasteiger partial charge in [-0.25, -0.2) is 4.79 Å². The number of ether oxygens (including phenoxy) is 1. The fraction of sp³-hybridized carbons (Fsp3) is 0.304. The summed E-state index contributed by atoms with van der Waals surface area (Å²) in [5, 5.41) is 10.1. The Bertz CT molecular complexity index is 1300. The summed E-state index contributed by atoms with van der Waals surface area (Å²) >= 11 is 1.52. The van der Waals surface area contributed by atoms with E-state index in [1.54, 1.807) is 10.6 Å². The van der Waals surface area contributed by atoms with Crippen molar-refractivity contribution in [1.29, 1.82) is 0 Å². The van der Waals surface area contributed by atoms with Gasteiger partial charge in [-0.2, -0.15) is 0 Å². The molecule has 0 radical (unpaired) electrons. The lowest BCUT2D eigenvalue weighted by Crippen LogP contribution is -2.23. The number of carbonyl (C=O) groups excluding carboxylic acids is 1. The Balaban J connectivity index is 1.72. The second kappa shape index (κ2) is 9.34. The van der Waals surface area contributed by atoms with Crippen LogP contribution in [-0.4, -0.2) is 32.2 Å². The number of hydrogen-bond donors (Lipinski definition) is 0. The maximum atomic E-state index is 13.1. The van der Waals surface area contributed by atoms with E-state index in [1.165, 1.54) is 18.9 Å². The van der Waals surface area contributed by atoms with E-state index in [9.17, 15) is 9.59 Å². The van der Waals surface area contributed by atoms with Gasteiger partial charge in [0.15, 0.2) is 5.16 Å². The zero-order valence-electron chi connectivity index (χ0n) is 17.6. The number of carbonyl (C=O) groups is 1. The van der Waals surface area contributed by atoms with Crippen molar-refractivity contribution in [2.24, 2.45) is 0 Å². The zero-order chi connectivity index (χ0) is 21.8. The monoisotopic (exact) mass is 436 g/mol. The van der Waals surface area contributed by atoms with Crippen LogP contribution in [0.4, 0.5) is 0 Å². The lowest BCUT2D eigenvalue weighted by Gasteiger charge is -2.11. The number of fused-ring (bicyclic) bond motifs is 3. The minimum atomic E-state index is -0.359. The lowest BCUT2D eigenvalue weighted by atomic mass is 10.1. The molecule has 0 N–H and O–H groups in total. The van der Waals surface area contributed by atoms with Gasteiger partial charge in [0.05, 0.1) is 23.6 Å². The highest BCUT2D eigenvalue weighted by Gasteiger charge is 2.17. The highest BCUT2D eigenvalue weighted by Crippen LogP contribution is 2.25. The molecule has 160 valence electrons. The van der Waals surface area contributed by atoms with Gasteiger partial charge in [0.25, 0.3) is 5.56 Å². The van der Waals surface area contributed by atoms with Gasteiger partial charge < -0.3 is 4.74 Å². The van der Waals surface area contributed by atoms with Crippen LogP contribution in [0, 0.1) is 0 Å². The topological polar surface area (TPSA) is 78.5 Å². The van der Waals surface area contributed by atoms with Crippen molar-refractivity contribution in [2.75, 3.05) is 7.11 Å². The van der Waals surface area contributed by atoms with Crippen LogP contribution < -0.4 is 5.56 Å². The summed E-state index contributed by atoms with van der Waals surface area (Å²) in [4.78, 5) is 24.9. The van der Waals surface area contributed by atoms with Crippen LogP contribution in [0.5, 0.6) is 0 Å². The van der Waals surface area contributed by atoms with Gasteiger partial charge in [0, 0.05) is 12.3 Å². The Morgan fingerprint density at radius 3 is 2.74 bits per heavy atom. The summed E-state index contributed by atoms with van der Waals surface area (Å²) in [6.45, 7) is 2.75. The number of nitrogens with zero attached hydrogens (tertiary/aromatic N) is 4. The van der Waals surface area contributed by atoms with Gasteiger partial charge in [0.1, 0.15) is 0 Å². The molecule has 0 unspecified atom stereocenters. The van der Waals surface area contributed by atoms with Crippen molar-refractivity contribution in [3.63, 3.8) is 0 Å². The van der Waals surface area contributed by atoms with Gasteiger partial charge in [-0.1, -0.05) is 55.8 Å². The Kier molecular flexibility index (Phi) is 6.36. The molecule has 4 rings (SSSR count). The summed E-state index contributed by atoms with van der Waals surface area (Å²) in [7, 11) is 1.37. The number of para-hydroxylation sites is 1. The van der Waals surface area contributed by atoms with Crippen LogP contribution in [0.2, 0.25) is 0 Å². The average Bonchev–Trinajstić information content (AvgIpc) is 3.23. The molecule has 2 heterocycles. The minimum absolute atomic E-state index is 0.0334. The molecular weight excluding hydrogens is 412 g/mol. The highest BCUT2D eigenvalue weighted by atomic mass is 32.2. The van der Waals surface area contributed by atoms with Gasteiger partial charge in [-0.15, -0.1) is 10.2 Å². The molecule has 0 saturated carbocycles. The first kappa shape index (κ1) is 21.1. The van der Waals surface area contributed by atoms with E-state index >= 15 is 0 Å². The number of hydrogen-bond acceptors (Lipinski definition) is 6. The molecule has 0 aliphatic rings. The standard InChI is InChI=1S/C23H24N4O3S/c1-3-4-7-13-26-20(28)18-11-5-6-12-19(18)27-22(26)24-25-23(27)31-15-16-9-8-10-17(14-16)21(29)30-2/h5-6,8-12,14H,3-4,7,13,15H2,1-2H3. The molecule has 0 aliphatic carbocycles. The third kappa shape index (κ3) is 4.20. The van der Waals surface area contributed by atoms with Crippen molar-refractivity contribution >= 4 is 34.4 Å². The van der Waals surface area contributed by atoms with Crippen molar-refractivity contribution in [3.05, 3.63) is 70.0 Å². The van der Waals surface area contributed by atoms with E-state index in [-0.39, 0.29) is 11.5 Å². The predicted molar refractivity (Wildman–Crippen MR) is 122 cm³/mol. The molecule has 0 atom stereocenters. The predicted octanol–water partition coefficient (Wildman–Crippen LogP) is 4.31. The Labute approximate surface area is 184 Å². The van der Waals surface area contributed by atoms with Crippen molar-refractivity contribution in [2.45, 2.75) is 43.6 Å². The second-order valence-electron chi connectivity index (χ2n) is 7.28. The molecule has 8 heteroatoms. The van der Waals surface area contributed by atoms with E-state index in [0.717, 1.165) is 30.3 Å². The summed E-state index contributed by atoms with van der Waals surface area (Å²) in [6, 6.07) is 14.9. The van der Waals surface area contributed by atoms with E-state index in [2.05, 4.69) is 17.1 Å². The maximum absolute atomic E-state index is 13.1. The van der Waals surface area contributed by atoms with E-state index in [1.807, 2.05) is 46.9 Å². The maximum Gasteiger partial charge on any atom is 0.337 e. The molecule has 2 aromatic heterocycles. The first-order chi connectivity index (χ1) is 15.1. The van der Waals surface area contributed by atoms with Crippen LogP contribution in [-0.2, 0) is 17.0 Å². The summed E-state index contributed by atoms with van der Waals surface area (Å²) in [5.41, 5.74) is 2.26. The van der Waals surface area contributed by atoms with Crippen LogP contribution in [0.15, 0.2) is 58.5 Å². The summed E-state index contributed by atoms with van der Waals surface area (Å²) in [6.07, 6.45) is 3.05. The van der Waals surface area contributed by atoms with E-state index in [0.29, 0.717) is 34.2 Å². The SMILES string of the molecule is CCCCCn1c(=O)c2ccccc2n2c(SCc3cccc(C(=O)OC)c3)nnc12. The molecule has 0 saturated heterocycles. The number of esters is 1. The molecule has 0 fully saturated rings. The number of aryl methyl sites for hydroxylation is 1. The highest BCUT2D eigenvalue weighted by molar-refractivity contribution is 7.98. The quantitative estimate of drug-likeness (QED) is 0.233. The van der Waals surface area contributed by atoms with Gasteiger partial charge in [-0.05, 0) is 36.2 Å². The molecule has 4 aromatic rings. The number of unbranched alkanes of at least 4 members (excludes halogenated alkanes) is 2. The normalized spacial score (nSPS) is 11.3. The molecule has 2 aromatic carbocycles. The largest absolute Gasteiger partial charge is 0.465 e. The van der Waals surface area contributed by atoms with E-state index < -0.39 is 0 Å². The third-order valence-electron chi connectivity index (χ3n) is 5.18. The molecule has 0 amide bonds. The lowest BCUT2D eigenvalue weighted by molar-refractivity contribution is 0.0600. The molecule has 31 heavy (non-hydrogen) atoms. The number of rotatable bonds is 8. The minimum Gasteiger partial charge on any atom is -0.465 e. The zero-order valence-corrected chi connectivity index (χ0v) is 18.4. The second-order valence-corrected chi connectivity index (χ2v) is 8.22. The summed E-state index contributed by atoms with van der Waals surface area (Å²) < 4.78 is 8.49. The molecule has 0 aliphatic heterocycles. The molecular formula is C23H24N4O3S. The van der Waals surface area contributed by atoms with Crippen LogP contribution >= 0.6 is 11.8 Å². The Hall–Kier alpha value is -3.13. The van der Waals surface area contributed by atoms with Crippen molar-refractivity contribution < 1.29 is 9.53 Å². The molecule has 0 spiro atoms. The van der Waals surface area contributed by atoms with Crippen LogP contribution in [0.3, 0.4) is 0 Å². The van der Waals surface area contributed by atoms with Crippen LogP contribution in [0.25, 0.3) is 16.7 Å². The number of thioether (sulfide) groups is 1. The van der Waals surface area contributed by atoms with Crippen molar-refractivity contribution in [1.82, 2.24) is 19.2 Å². The number of aromatic nitrogens is 4. The average molecular weight is 437 g/mol. The fourth-order valence-corrected chi connectivity index (χ4v) is 4.49.